The van der Waals surface area contributed by atoms with Crippen LogP contribution >= 0.6 is 0 Å². The van der Waals surface area contributed by atoms with Gasteiger partial charge in [-0.2, -0.15) is 0 Å². The van der Waals surface area contributed by atoms with Crippen LogP contribution in [0.2, 0.25) is 0 Å². The molecule has 0 saturated carbocycles. The maximum atomic E-state index is 13.1. The third-order valence-electron chi connectivity index (χ3n) is 4.89. The van der Waals surface area contributed by atoms with E-state index in [1.54, 1.807) is 35.2 Å². The fourth-order valence-electron chi connectivity index (χ4n) is 3.24. The lowest BCUT2D eigenvalue weighted by Crippen LogP contribution is -2.49. The number of likely N-dealkylation sites (tertiary alicyclic amines) is 1. The Morgan fingerprint density at radius 2 is 1.96 bits per heavy atom. The molecule has 2 N–H and O–H groups in total. The van der Waals surface area contributed by atoms with Crippen molar-refractivity contribution in [2.45, 2.75) is 32.0 Å². The van der Waals surface area contributed by atoms with E-state index in [-0.39, 0.29) is 23.6 Å². The van der Waals surface area contributed by atoms with Crippen LogP contribution < -0.4 is 5.32 Å². The topological polar surface area (TPSA) is 68.7 Å². The summed E-state index contributed by atoms with van der Waals surface area (Å²) in [5.74, 6) is -0.193. The van der Waals surface area contributed by atoms with Gasteiger partial charge >= 0.3 is 6.03 Å². The number of hydrogen-bond donors (Lipinski definition) is 2. The minimum atomic E-state index is -0.388. The number of nitrogens with zero attached hydrogens (tertiary/aromatic N) is 3. The maximum absolute atomic E-state index is 13.1. The summed E-state index contributed by atoms with van der Waals surface area (Å²) in [6, 6.07) is 9.68. The quantitative estimate of drug-likeness (QED) is 0.847. The smallest absolute Gasteiger partial charge is 0.318 e. The molecular weight excluding hydrogens is 347 g/mol. The lowest BCUT2D eigenvalue weighted by molar-refractivity contribution is 0.126. The van der Waals surface area contributed by atoms with E-state index in [9.17, 15) is 14.3 Å². The van der Waals surface area contributed by atoms with Crippen LogP contribution in [0.4, 0.5) is 9.18 Å². The Hall–Kier alpha value is -2.67. The number of nitrogens with one attached hydrogen (secondary N) is 1. The number of urea groups is 1. The Kier molecular flexibility index (Phi) is 6.24. The number of amides is 2. The Bertz CT molecular complexity index is 744. The van der Waals surface area contributed by atoms with Crippen LogP contribution in [0.5, 0.6) is 5.75 Å². The molecule has 1 aliphatic rings. The lowest BCUT2D eigenvalue weighted by atomic mass is 10.0. The van der Waals surface area contributed by atoms with Gasteiger partial charge in [0.25, 0.3) is 0 Å². The molecule has 0 bridgehead atoms. The van der Waals surface area contributed by atoms with Crippen molar-refractivity contribution in [2.75, 3.05) is 20.1 Å². The molecule has 1 aromatic carbocycles. The number of aromatic hydroxyl groups is 1. The predicted octanol–water partition coefficient (Wildman–Crippen LogP) is 2.73. The van der Waals surface area contributed by atoms with Gasteiger partial charge in [-0.3, -0.25) is 4.98 Å². The van der Waals surface area contributed by atoms with Crippen molar-refractivity contribution in [3.8, 4) is 5.75 Å². The minimum absolute atomic E-state index is 0.118. The monoisotopic (exact) mass is 372 g/mol. The SMILES string of the molecule is CN1CCC(N(Cc2ccc(F)cn2)C(=O)NCc2ccc(O)cc2)CC1. The highest BCUT2D eigenvalue weighted by Gasteiger charge is 2.27. The molecule has 1 saturated heterocycles. The number of rotatable bonds is 5. The molecule has 0 spiro atoms. The fraction of sp³-hybridized carbons (Fsp3) is 0.400. The number of hydrogen-bond acceptors (Lipinski definition) is 4. The molecule has 0 aliphatic carbocycles. The minimum Gasteiger partial charge on any atom is -0.508 e. The van der Waals surface area contributed by atoms with Gasteiger partial charge in [0.2, 0.25) is 0 Å². The molecule has 0 unspecified atom stereocenters. The normalized spacial score (nSPS) is 15.5. The van der Waals surface area contributed by atoms with Crippen LogP contribution in [0.25, 0.3) is 0 Å². The number of benzene rings is 1. The highest BCUT2D eigenvalue weighted by atomic mass is 19.1. The molecule has 0 radical (unpaired) electrons. The predicted molar refractivity (Wildman–Crippen MR) is 101 cm³/mol. The van der Waals surface area contributed by atoms with Crippen molar-refractivity contribution in [1.82, 2.24) is 20.1 Å². The van der Waals surface area contributed by atoms with Gasteiger partial charge in [-0.25, -0.2) is 9.18 Å². The first kappa shape index (κ1) is 19.1. The summed E-state index contributed by atoms with van der Waals surface area (Å²) in [6.07, 6.45) is 2.96. The van der Waals surface area contributed by atoms with Crippen LogP contribution in [-0.2, 0) is 13.1 Å². The number of phenolic OH excluding ortho intramolecular Hbond substituents is 1. The number of phenols is 1. The van der Waals surface area contributed by atoms with E-state index in [1.807, 2.05) is 0 Å². The molecule has 2 heterocycles. The zero-order valence-corrected chi connectivity index (χ0v) is 15.4. The maximum Gasteiger partial charge on any atom is 0.318 e. The largest absolute Gasteiger partial charge is 0.508 e. The first-order chi connectivity index (χ1) is 13.0. The van der Waals surface area contributed by atoms with Crippen LogP contribution in [0.3, 0.4) is 0 Å². The molecule has 1 fully saturated rings. The lowest BCUT2D eigenvalue weighted by Gasteiger charge is -2.37. The van der Waals surface area contributed by atoms with Gasteiger partial charge in [-0.15, -0.1) is 0 Å². The van der Waals surface area contributed by atoms with Crippen LogP contribution in [0.1, 0.15) is 24.1 Å². The molecule has 144 valence electrons. The third kappa shape index (κ3) is 5.40. The second-order valence-electron chi connectivity index (χ2n) is 6.96. The van der Waals surface area contributed by atoms with Gasteiger partial charge in [0.1, 0.15) is 11.6 Å². The highest BCUT2D eigenvalue weighted by molar-refractivity contribution is 5.74. The van der Waals surface area contributed by atoms with Gasteiger partial charge in [-0.1, -0.05) is 12.1 Å². The first-order valence-corrected chi connectivity index (χ1v) is 9.12. The van der Waals surface area contributed by atoms with E-state index in [1.165, 1.54) is 12.3 Å². The number of aromatic nitrogens is 1. The molecule has 6 nitrogen and oxygen atoms in total. The van der Waals surface area contributed by atoms with E-state index < -0.39 is 0 Å². The molecule has 0 atom stereocenters. The number of piperidine rings is 1. The second-order valence-corrected chi connectivity index (χ2v) is 6.96. The Balaban J connectivity index is 1.68. The summed E-state index contributed by atoms with van der Waals surface area (Å²) < 4.78 is 13.1. The van der Waals surface area contributed by atoms with Crippen LogP contribution in [-0.4, -0.2) is 52.1 Å². The van der Waals surface area contributed by atoms with Crippen LogP contribution in [0.15, 0.2) is 42.6 Å². The molecular formula is C20H25FN4O2. The van der Waals surface area contributed by atoms with E-state index in [2.05, 4.69) is 22.2 Å². The van der Waals surface area contributed by atoms with E-state index >= 15 is 0 Å². The van der Waals surface area contributed by atoms with E-state index in [4.69, 9.17) is 0 Å². The fourth-order valence-corrected chi connectivity index (χ4v) is 3.24. The van der Waals surface area contributed by atoms with Crippen LogP contribution in [0, 0.1) is 5.82 Å². The average molecular weight is 372 g/mol. The molecule has 3 rings (SSSR count). The number of carbonyl (C=O) groups is 1. The van der Waals surface area contributed by atoms with E-state index in [0.29, 0.717) is 18.8 Å². The van der Waals surface area contributed by atoms with Gasteiger partial charge < -0.3 is 20.2 Å². The van der Waals surface area contributed by atoms with Crippen molar-refractivity contribution in [3.63, 3.8) is 0 Å². The zero-order valence-electron chi connectivity index (χ0n) is 15.4. The summed E-state index contributed by atoms with van der Waals surface area (Å²) >= 11 is 0. The van der Waals surface area contributed by atoms with Crippen molar-refractivity contribution < 1.29 is 14.3 Å². The molecule has 2 amide bonds. The summed E-state index contributed by atoms with van der Waals surface area (Å²) in [4.78, 5) is 21.0. The average Bonchev–Trinajstić information content (AvgIpc) is 2.68. The summed E-state index contributed by atoms with van der Waals surface area (Å²) in [6.45, 7) is 2.58. The molecule has 7 heteroatoms. The second kappa shape index (κ2) is 8.81. The van der Waals surface area contributed by atoms with Crippen molar-refractivity contribution in [1.29, 1.82) is 0 Å². The number of halogens is 1. The first-order valence-electron chi connectivity index (χ1n) is 9.12. The number of pyridine rings is 1. The third-order valence-corrected chi connectivity index (χ3v) is 4.89. The highest BCUT2D eigenvalue weighted by Crippen LogP contribution is 2.18. The standard InChI is InChI=1S/C20H25FN4O2/c1-24-10-8-18(9-11-24)25(14-17-5-4-16(21)13-22-17)20(27)23-12-15-2-6-19(26)7-3-15/h2-7,13,18,26H,8-12,14H2,1H3,(H,23,27). The van der Waals surface area contributed by atoms with E-state index in [0.717, 1.165) is 31.5 Å². The Morgan fingerprint density at radius 1 is 1.26 bits per heavy atom. The molecule has 1 aliphatic heterocycles. The molecule has 27 heavy (non-hydrogen) atoms. The van der Waals surface area contributed by atoms with Crippen molar-refractivity contribution >= 4 is 6.03 Å². The summed E-state index contributed by atoms with van der Waals surface area (Å²) in [5, 5.41) is 12.3. The summed E-state index contributed by atoms with van der Waals surface area (Å²) in [5.41, 5.74) is 1.57. The Morgan fingerprint density at radius 3 is 2.59 bits per heavy atom. The summed E-state index contributed by atoms with van der Waals surface area (Å²) in [7, 11) is 2.08. The van der Waals surface area contributed by atoms with Crippen molar-refractivity contribution in [2.24, 2.45) is 0 Å². The van der Waals surface area contributed by atoms with Gasteiger partial charge in [0, 0.05) is 12.6 Å². The molecule has 1 aromatic heterocycles. The van der Waals surface area contributed by atoms with Gasteiger partial charge in [0.15, 0.2) is 0 Å². The zero-order chi connectivity index (χ0) is 19.2. The molecule has 2 aromatic rings. The van der Waals surface area contributed by atoms with Crippen molar-refractivity contribution in [3.05, 3.63) is 59.7 Å². The Labute approximate surface area is 158 Å². The number of carbonyl (C=O) groups excluding carboxylic acids is 1. The van der Waals surface area contributed by atoms with Gasteiger partial charge in [0.05, 0.1) is 18.4 Å². The van der Waals surface area contributed by atoms with Gasteiger partial charge in [-0.05, 0) is 62.8 Å².